The standard InChI is InChI=1S/C21H21ClF3N3O/c1-13(2)6-8-17-20(27-19(29)11-14-4-3-5-16(22)10-14)26-18-9-7-15(12-28(17)18)21(23,24)25/h3-5,7,9-10,12-13H,6,8,11H2,1-2H3,(H,27,29). The first-order valence-corrected chi connectivity index (χ1v) is 9.63. The summed E-state index contributed by atoms with van der Waals surface area (Å²) >= 11 is 5.95. The molecule has 1 amide bonds. The van der Waals surface area contributed by atoms with Crippen LogP contribution in [-0.2, 0) is 23.8 Å². The largest absolute Gasteiger partial charge is 0.417 e. The van der Waals surface area contributed by atoms with Crippen LogP contribution in [0.4, 0.5) is 19.0 Å². The lowest BCUT2D eigenvalue weighted by atomic mass is 10.1. The van der Waals surface area contributed by atoms with Crippen LogP contribution in [-0.4, -0.2) is 15.3 Å². The summed E-state index contributed by atoms with van der Waals surface area (Å²) in [6.07, 6.45) is -2.09. The fourth-order valence-corrected chi connectivity index (χ4v) is 3.25. The predicted octanol–water partition coefficient (Wildman–Crippen LogP) is 5.78. The summed E-state index contributed by atoms with van der Waals surface area (Å²) in [7, 11) is 0. The quantitative estimate of drug-likeness (QED) is 0.546. The maximum Gasteiger partial charge on any atom is 0.417 e. The van der Waals surface area contributed by atoms with E-state index in [1.54, 1.807) is 24.3 Å². The van der Waals surface area contributed by atoms with Gasteiger partial charge in [0.05, 0.1) is 17.7 Å². The lowest BCUT2D eigenvalue weighted by Crippen LogP contribution is -2.16. The molecule has 0 aliphatic carbocycles. The molecule has 1 N–H and O–H groups in total. The monoisotopic (exact) mass is 423 g/mol. The second-order valence-corrected chi connectivity index (χ2v) is 7.77. The van der Waals surface area contributed by atoms with E-state index < -0.39 is 11.7 Å². The molecule has 1 aromatic carbocycles. The van der Waals surface area contributed by atoms with E-state index in [0.717, 1.165) is 24.2 Å². The molecule has 2 heterocycles. The SMILES string of the molecule is CC(C)CCc1c(NC(=O)Cc2cccc(Cl)c2)nc2ccc(C(F)(F)F)cn12. The summed E-state index contributed by atoms with van der Waals surface area (Å²) in [5.74, 6) is 0.330. The normalized spacial score (nSPS) is 12.0. The highest BCUT2D eigenvalue weighted by molar-refractivity contribution is 6.30. The number of halogens is 4. The molecule has 0 aliphatic heterocycles. The number of hydrogen-bond donors (Lipinski definition) is 1. The van der Waals surface area contributed by atoms with Crippen LogP contribution >= 0.6 is 11.6 Å². The molecule has 2 aromatic heterocycles. The minimum atomic E-state index is -4.45. The molecule has 0 aliphatic rings. The van der Waals surface area contributed by atoms with Gasteiger partial charge in [0.2, 0.25) is 5.91 Å². The highest BCUT2D eigenvalue weighted by atomic mass is 35.5. The Labute approximate surface area is 171 Å². The van der Waals surface area contributed by atoms with Gasteiger partial charge < -0.3 is 9.72 Å². The van der Waals surface area contributed by atoms with E-state index in [2.05, 4.69) is 10.3 Å². The third-order valence-corrected chi connectivity index (χ3v) is 4.75. The Hall–Kier alpha value is -2.54. The zero-order chi connectivity index (χ0) is 21.2. The first-order valence-electron chi connectivity index (χ1n) is 9.26. The van der Waals surface area contributed by atoms with Crippen LogP contribution in [0.5, 0.6) is 0 Å². The fourth-order valence-electron chi connectivity index (χ4n) is 3.03. The van der Waals surface area contributed by atoms with Crippen molar-refractivity contribution in [3.63, 3.8) is 0 Å². The predicted molar refractivity (Wildman–Crippen MR) is 107 cm³/mol. The highest BCUT2D eigenvalue weighted by Gasteiger charge is 2.31. The van der Waals surface area contributed by atoms with Gasteiger partial charge in [-0.05, 0) is 48.6 Å². The summed E-state index contributed by atoms with van der Waals surface area (Å²) in [5.41, 5.74) is 0.890. The Bertz CT molecular complexity index is 1030. The molecule has 3 aromatic rings. The second-order valence-electron chi connectivity index (χ2n) is 7.34. The molecule has 0 spiro atoms. The Morgan fingerprint density at radius 1 is 1.24 bits per heavy atom. The third kappa shape index (κ3) is 5.29. The van der Waals surface area contributed by atoms with Crippen molar-refractivity contribution in [1.82, 2.24) is 9.38 Å². The summed E-state index contributed by atoms with van der Waals surface area (Å²) in [5, 5.41) is 3.28. The lowest BCUT2D eigenvalue weighted by molar-refractivity contribution is -0.137. The number of carbonyl (C=O) groups is 1. The first-order chi connectivity index (χ1) is 13.6. The number of pyridine rings is 1. The van der Waals surface area contributed by atoms with Crippen molar-refractivity contribution in [2.45, 2.75) is 39.3 Å². The Kier molecular flexibility index (Phi) is 6.17. The molecule has 0 radical (unpaired) electrons. The summed E-state index contributed by atoms with van der Waals surface area (Å²) in [4.78, 5) is 16.9. The number of aryl methyl sites for hydroxylation is 1. The molecule has 0 atom stereocenters. The Morgan fingerprint density at radius 2 is 2.00 bits per heavy atom. The number of nitrogens with one attached hydrogen (secondary N) is 1. The van der Waals surface area contributed by atoms with Gasteiger partial charge in [0.1, 0.15) is 5.65 Å². The van der Waals surface area contributed by atoms with E-state index in [-0.39, 0.29) is 18.1 Å². The molecule has 4 nitrogen and oxygen atoms in total. The van der Waals surface area contributed by atoms with Gasteiger partial charge in [-0.15, -0.1) is 0 Å². The molecular weight excluding hydrogens is 403 g/mol. The van der Waals surface area contributed by atoms with Crippen LogP contribution in [0, 0.1) is 5.92 Å². The van der Waals surface area contributed by atoms with E-state index in [9.17, 15) is 18.0 Å². The van der Waals surface area contributed by atoms with E-state index in [1.165, 1.54) is 10.5 Å². The molecule has 0 fully saturated rings. The summed E-state index contributed by atoms with van der Waals surface area (Å²) in [6.45, 7) is 4.06. The van der Waals surface area contributed by atoms with Crippen molar-refractivity contribution >= 4 is 29.0 Å². The lowest BCUT2D eigenvalue weighted by Gasteiger charge is -2.10. The third-order valence-electron chi connectivity index (χ3n) is 4.51. The van der Waals surface area contributed by atoms with Crippen molar-refractivity contribution in [1.29, 1.82) is 0 Å². The van der Waals surface area contributed by atoms with Gasteiger partial charge in [-0.1, -0.05) is 37.6 Å². The number of aromatic nitrogens is 2. The average molecular weight is 424 g/mol. The van der Waals surface area contributed by atoms with E-state index in [4.69, 9.17) is 11.6 Å². The molecular formula is C21H21ClF3N3O. The van der Waals surface area contributed by atoms with Gasteiger partial charge in [0, 0.05) is 11.2 Å². The number of fused-ring (bicyclic) bond motifs is 1. The Morgan fingerprint density at radius 3 is 2.66 bits per heavy atom. The van der Waals surface area contributed by atoms with Crippen molar-refractivity contribution < 1.29 is 18.0 Å². The number of nitrogens with zero attached hydrogens (tertiary/aromatic N) is 2. The van der Waals surface area contributed by atoms with Gasteiger partial charge in [0.25, 0.3) is 0 Å². The van der Waals surface area contributed by atoms with Gasteiger partial charge in [0.15, 0.2) is 5.82 Å². The van der Waals surface area contributed by atoms with E-state index in [1.807, 2.05) is 13.8 Å². The topological polar surface area (TPSA) is 46.4 Å². The van der Waals surface area contributed by atoms with Crippen LogP contribution in [0.15, 0.2) is 42.6 Å². The summed E-state index contributed by atoms with van der Waals surface area (Å²) < 4.78 is 40.8. The average Bonchev–Trinajstić information content (AvgIpc) is 2.95. The van der Waals surface area contributed by atoms with E-state index in [0.29, 0.717) is 28.7 Å². The van der Waals surface area contributed by atoms with Crippen LogP contribution in [0.25, 0.3) is 5.65 Å². The fraction of sp³-hybridized carbons (Fsp3) is 0.333. The number of carbonyl (C=O) groups excluding carboxylic acids is 1. The number of anilines is 1. The number of rotatable bonds is 6. The summed E-state index contributed by atoms with van der Waals surface area (Å²) in [6, 6.07) is 9.25. The zero-order valence-corrected chi connectivity index (χ0v) is 16.8. The van der Waals surface area contributed by atoms with Crippen molar-refractivity contribution in [2.24, 2.45) is 5.92 Å². The van der Waals surface area contributed by atoms with Gasteiger partial charge >= 0.3 is 6.18 Å². The molecule has 0 saturated heterocycles. The molecule has 29 heavy (non-hydrogen) atoms. The minimum Gasteiger partial charge on any atom is -0.309 e. The van der Waals surface area contributed by atoms with Gasteiger partial charge in [-0.25, -0.2) is 4.98 Å². The van der Waals surface area contributed by atoms with Crippen molar-refractivity contribution in [3.05, 3.63) is 64.4 Å². The van der Waals surface area contributed by atoms with Crippen molar-refractivity contribution in [3.8, 4) is 0 Å². The van der Waals surface area contributed by atoms with Crippen LogP contribution < -0.4 is 5.32 Å². The molecule has 0 bridgehead atoms. The van der Waals surface area contributed by atoms with Crippen molar-refractivity contribution in [2.75, 3.05) is 5.32 Å². The minimum absolute atomic E-state index is 0.0891. The van der Waals surface area contributed by atoms with Gasteiger partial charge in [-0.3, -0.25) is 4.79 Å². The molecule has 8 heteroatoms. The van der Waals surface area contributed by atoms with Crippen LogP contribution in [0.1, 0.15) is 37.1 Å². The second kappa shape index (κ2) is 8.45. The smallest absolute Gasteiger partial charge is 0.309 e. The maximum absolute atomic E-state index is 13.1. The van der Waals surface area contributed by atoms with Gasteiger partial charge in [-0.2, -0.15) is 13.2 Å². The maximum atomic E-state index is 13.1. The first kappa shape index (κ1) is 21.2. The molecule has 3 rings (SSSR count). The van der Waals surface area contributed by atoms with Crippen LogP contribution in [0.2, 0.25) is 5.02 Å². The number of hydrogen-bond acceptors (Lipinski definition) is 2. The number of alkyl halides is 3. The number of amides is 1. The number of benzene rings is 1. The zero-order valence-electron chi connectivity index (χ0n) is 16.1. The molecule has 0 unspecified atom stereocenters. The number of imidazole rings is 1. The van der Waals surface area contributed by atoms with E-state index >= 15 is 0 Å². The molecule has 154 valence electrons. The highest BCUT2D eigenvalue weighted by Crippen LogP contribution is 2.31. The van der Waals surface area contributed by atoms with Crippen LogP contribution in [0.3, 0.4) is 0 Å². The molecule has 0 saturated carbocycles. The Balaban J connectivity index is 1.92.